The van der Waals surface area contributed by atoms with E-state index in [0.717, 1.165) is 19.8 Å². The molecule has 1 aromatic carbocycles. The highest BCUT2D eigenvalue weighted by atomic mass is 15.4. The Labute approximate surface area is 92.5 Å². The van der Waals surface area contributed by atoms with Gasteiger partial charge in [0.15, 0.2) is 0 Å². The Morgan fingerprint density at radius 1 is 0.933 bits per heavy atom. The lowest BCUT2D eigenvalue weighted by Crippen LogP contribution is -2.31. The largest absolute Gasteiger partial charge is 0.352 e. The van der Waals surface area contributed by atoms with Gasteiger partial charge < -0.3 is 9.80 Å². The second-order valence-electron chi connectivity index (χ2n) is 4.16. The predicted octanol–water partition coefficient (Wildman–Crippen LogP) is 3.09. The molecule has 2 nitrogen and oxygen atoms in total. The standard InChI is InChI=1S/C13H20N2/c1-3-9-14-11-15(10-4-2)13-8-6-5-7-12(13)14/h5-8H,3-4,9-11H2,1-2H3. The van der Waals surface area contributed by atoms with E-state index < -0.39 is 0 Å². The van der Waals surface area contributed by atoms with Crippen molar-refractivity contribution in [3.8, 4) is 0 Å². The highest BCUT2D eigenvalue weighted by Gasteiger charge is 2.23. The van der Waals surface area contributed by atoms with Gasteiger partial charge in [-0.1, -0.05) is 26.0 Å². The zero-order chi connectivity index (χ0) is 10.7. The summed E-state index contributed by atoms with van der Waals surface area (Å²) in [7, 11) is 0. The molecule has 0 radical (unpaired) electrons. The van der Waals surface area contributed by atoms with E-state index in [9.17, 15) is 0 Å². The van der Waals surface area contributed by atoms with Crippen molar-refractivity contribution in [3.05, 3.63) is 24.3 Å². The van der Waals surface area contributed by atoms with E-state index in [1.54, 1.807) is 0 Å². The van der Waals surface area contributed by atoms with Crippen molar-refractivity contribution >= 4 is 11.4 Å². The molecule has 0 atom stereocenters. The molecule has 82 valence electrons. The fourth-order valence-electron chi connectivity index (χ4n) is 2.28. The van der Waals surface area contributed by atoms with Gasteiger partial charge in [-0.2, -0.15) is 0 Å². The van der Waals surface area contributed by atoms with Crippen molar-refractivity contribution < 1.29 is 0 Å². The number of nitrogens with zero attached hydrogens (tertiary/aromatic N) is 2. The molecule has 1 aliphatic heterocycles. The molecule has 0 N–H and O–H groups in total. The molecule has 0 saturated heterocycles. The Bertz CT molecular complexity index is 291. The normalized spacial score (nSPS) is 14.5. The minimum Gasteiger partial charge on any atom is -0.352 e. The first-order valence-corrected chi connectivity index (χ1v) is 5.95. The number of benzene rings is 1. The minimum atomic E-state index is 1.07. The van der Waals surface area contributed by atoms with Crippen molar-refractivity contribution in [1.82, 2.24) is 0 Å². The Morgan fingerprint density at radius 2 is 1.40 bits per heavy atom. The zero-order valence-corrected chi connectivity index (χ0v) is 9.74. The van der Waals surface area contributed by atoms with Crippen LogP contribution in [0.25, 0.3) is 0 Å². The number of anilines is 2. The highest BCUT2D eigenvalue weighted by molar-refractivity contribution is 5.76. The number of fused-ring (bicyclic) bond motifs is 1. The third-order valence-electron chi connectivity index (χ3n) is 2.89. The average Bonchev–Trinajstić information content (AvgIpc) is 2.59. The number of hydrogen-bond acceptors (Lipinski definition) is 2. The maximum atomic E-state index is 2.48. The number of hydrogen-bond donors (Lipinski definition) is 0. The first kappa shape index (κ1) is 10.3. The van der Waals surface area contributed by atoms with Gasteiger partial charge >= 0.3 is 0 Å². The molecule has 1 heterocycles. The molecule has 1 aliphatic rings. The van der Waals surface area contributed by atoms with Gasteiger partial charge in [0.05, 0.1) is 18.0 Å². The maximum Gasteiger partial charge on any atom is 0.0904 e. The van der Waals surface area contributed by atoms with Crippen LogP contribution in [0, 0.1) is 0 Å². The first-order valence-electron chi connectivity index (χ1n) is 5.95. The fourth-order valence-corrected chi connectivity index (χ4v) is 2.28. The topological polar surface area (TPSA) is 6.48 Å². The second kappa shape index (κ2) is 4.56. The fraction of sp³-hybridized carbons (Fsp3) is 0.538. The van der Waals surface area contributed by atoms with Crippen LogP contribution in [-0.4, -0.2) is 19.8 Å². The summed E-state index contributed by atoms with van der Waals surface area (Å²) in [4.78, 5) is 4.95. The predicted molar refractivity (Wildman–Crippen MR) is 66.6 cm³/mol. The van der Waals surface area contributed by atoms with Gasteiger partial charge in [-0.3, -0.25) is 0 Å². The molecule has 2 rings (SSSR count). The van der Waals surface area contributed by atoms with Crippen molar-refractivity contribution in [2.75, 3.05) is 29.6 Å². The molecule has 2 heteroatoms. The molecule has 0 saturated carbocycles. The lowest BCUT2D eigenvalue weighted by molar-refractivity contribution is 0.733. The summed E-state index contributed by atoms with van der Waals surface area (Å²) in [6, 6.07) is 8.75. The van der Waals surface area contributed by atoms with Crippen molar-refractivity contribution in [2.45, 2.75) is 26.7 Å². The summed E-state index contributed by atoms with van der Waals surface area (Å²) in [6.45, 7) is 7.88. The molecular formula is C13H20N2. The van der Waals surface area contributed by atoms with Gasteiger partial charge in [0.2, 0.25) is 0 Å². The van der Waals surface area contributed by atoms with E-state index in [0.29, 0.717) is 0 Å². The Morgan fingerprint density at radius 3 is 1.80 bits per heavy atom. The molecule has 0 aromatic heterocycles. The summed E-state index contributed by atoms with van der Waals surface area (Å²) >= 11 is 0. The van der Waals surface area contributed by atoms with Crippen LogP contribution >= 0.6 is 0 Å². The molecule has 0 amide bonds. The molecule has 15 heavy (non-hydrogen) atoms. The summed E-state index contributed by atoms with van der Waals surface area (Å²) in [5.74, 6) is 0. The Hall–Kier alpha value is -1.18. The third kappa shape index (κ3) is 1.94. The van der Waals surface area contributed by atoms with Gasteiger partial charge in [-0.25, -0.2) is 0 Å². The van der Waals surface area contributed by atoms with Gasteiger partial charge in [-0.15, -0.1) is 0 Å². The van der Waals surface area contributed by atoms with Gasteiger partial charge in [0.1, 0.15) is 0 Å². The molecular weight excluding hydrogens is 184 g/mol. The summed E-state index contributed by atoms with van der Waals surface area (Å²) in [6.07, 6.45) is 2.43. The van der Waals surface area contributed by atoms with E-state index in [2.05, 4.69) is 47.9 Å². The SMILES string of the molecule is CCCN1CN(CCC)c2ccccc21. The Balaban J connectivity index is 2.22. The average molecular weight is 204 g/mol. The van der Waals surface area contributed by atoms with Crippen LogP contribution in [0.1, 0.15) is 26.7 Å². The second-order valence-corrected chi connectivity index (χ2v) is 4.16. The highest BCUT2D eigenvalue weighted by Crippen LogP contribution is 2.35. The summed E-state index contributed by atoms with van der Waals surface area (Å²) < 4.78 is 0. The van der Waals surface area contributed by atoms with Crippen LogP contribution in [0.15, 0.2) is 24.3 Å². The molecule has 0 bridgehead atoms. The molecule has 1 aromatic rings. The van der Waals surface area contributed by atoms with Crippen LogP contribution in [0.5, 0.6) is 0 Å². The van der Waals surface area contributed by atoms with E-state index in [1.165, 1.54) is 24.2 Å². The summed E-state index contributed by atoms with van der Waals surface area (Å²) in [5, 5.41) is 0. The van der Waals surface area contributed by atoms with E-state index in [-0.39, 0.29) is 0 Å². The molecule has 0 fully saturated rings. The van der Waals surface area contributed by atoms with Crippen LogP contribution in [0.2, 0.25) is 0 Å². The van der Waals surface area contributed by atoms with Gasteiger partial charge in [0, 0.05) is 13.1 Å². The Kier molecular flexibility index (Phi) is 3.14. The molecule has 0 spiro atoms. The monoisotopic (exact) mass is 204 g/mol. The van der Waals surface area contributed by atoms with Crippen LogP contribution < -0.4 is 9.80 Å². The number of rotatable bonds is 4. The van der Waals surface area contributed by atoms with Crippen LogP contribution in [-0.2, 0) is 0 Å². The van der Waals surface area contributed by atoms with Crippen molar-refractivity contribution in [1.29, 1.82) is 0 Å². The molecule has 0 aliphatic carbocycles. The van der Waals surface area contributed by atoms with Crippen LogP contribution in [0.3, 0.4) is 0 Å². The maximum absolute atomic E-state index is 2.48. The summed E-state index contributed by atoms with van der Waals surface area (Å²) in [5.41, 5.74) is 2.82. The zero-order valence-electron chi connectivity index (χ0n) is 9.74. The van der Waals surface area contributed by atoms with E-state index >= 15 is 0 Å². The van der Waals surface area contributed by atoms with Gasteiger partial charge in [-0.05, 0) is 25.0 Å². The quantitative estimate of drug-likeness (QED) is 0.743. The van der Waals surface area contributed by atoms with E-state index in [4.69, 9.17) is 0 Å². The van der Waals surface area contributed by atoms with Crippen LogP contribution in [0.4, 0.5) is 11.4 Å². The lowest BCUT2D eigenvalue weighted by atomic mass is 10.2. The van der Waals surface area contributed by atoms with Gasteiger partial charge in [0.25, 0.3) is 0 Å². The molecule has 0 unspecified atom stereocenters. The lowest BCUT2D eigenvalue weighted by Gasteiger charge is -2.20. The van der Waals surface area contributed by atoms with Crippen molar-refractivity contribution in [3.63, 3.8) is 0 Å². The van der Waals surface area contributed by atoms with E-state index in [1.807, 2.05) is 0 Å². The van der Waals surface area contributed by atoms with Crippen molar-refractivity contribution in [2.24, 2.45) is 0 Å². The number of para-hydroxylation sites is 2. The third-order valence-corrected chi connectivity index (χ3v) is 2.89. The smallest absolute Gasteiger partial charge is 0.0904 e. The minimum absolute atomic E-state index is 1.07. The first-order chi connectivity index (χ1) is 7.36.